The van der Waals surface area contributed by atoms with Crippen molar-refractivity contribution in [1.82, 2.24) is 4.90 Å². The molecule has 1 saturated heterocycles. The predicted octanol–water partition coefficient (Wildman–Crippen LogP) is 0.703. The second-order valence-electron chi connectivity index (χ2n) is 4.53. The lowest BCUT2D eigenvalue weighted by atomic mass is 10.1. The Balaban J connectivity index is 1.84. The van der Waals surface area contributed by atoms with Crippen LogP contribution in [0.5, 0.6) is 0 Å². The zero-order valence-electron chi connectivity index (χ0n) is 10.6. The monoisotopic (exact) mass is 248 g/mol. The number of carbonyl (C=O) groups excluding carboxylic acids is 1. The van der Waals surface area contributed by atoms with Crippen LogP contribution in [-0.4, -0.2) is 50.1 Å². The molecule has 2 N–H and O–H groups in total. The number of Topliss-reactive ketones (excluding diaryl/α,β-unsaturated/α-hetero) is 1. The molecule has 1 aliphatic rings. The highest BCUT2D eigenvalue weighted by molar-refractivity contribution is 5.97. The van der Waals surface area contributed by atoms with Crippen LogP contribution in [0.25, 0.3) is 0 Å². The molecule has 1 heterocycles. The maximum absolute atomic E-state index is 11.4. The number of ether oxygens (including phenoxy) is 1. The second kappa shape index (κ2) is 6.64. The maximum atomic E-state index is 11.4. The first-order valence-corrected chi connectivity index (χ1v) is 6.42. The van der Waals surface area contributed by atoms with Crippen LogP contribution in [-0.2, 0) is 11.2 Å². The van der Waals surface area contributed by atoms with Crippen molar-refractivity contribution in [2.24, 2.45) is 5.73 Å². The molecule has 0 radical (unpaired) electrons. The quantitative estimate of drug-likeness (QED) is 0.779. The standard InChI is InChI=1S/C14H20N2O2/c15-11-14(17)13-3-1-12(2-4-13)5-6-16-7-9-18-10-8-16/h1-4H,5-11,15H2. The van der Waals surface area contributed by atoms with E-state index in [1.54, 1.807) is 0 Å². The summed E-state index contributed by atoms with van der Waals surface area (Å²) < 4.78 is 5.32. The fourth-order valence-corrected chi connectivity index (χ4v) is 2.09. The summed E-state index contributed by atoms with van der Waals surface area (Å²) in [7, 11) is 0. The van der Waals surface area contributed by atoms with Gasteiger partial charge in [-0.25, -0.2) is 0 Å². The molecule has 18 heavy (non-hydrogen) atoms. The van der Waals surface area contributed by atoms with Crippen molar-refractivity contribution in [2.45, 2.75) is 6.42 Å². The largest absolute Gasteiger partial charge is 0.379 e. The first-order chi connectivity index (χ1) is 8.79. The van der Waals surface area contributed by atoms with Gasteiger partial charge in [-0.1, -0.05) is 24.3 Å². The SMILES string of the molecule is NCC(=O)c1ccc(CCN2CCOCC2)cc1. The van der Waals surface area contributed by atoms with E-state index in [-0.39, 0.29) is 12.3 Å². The molecule has 1 aromatic carbocycles. The summed E-state index contributed by atoms with van der Waals surface area (Å²) in [6.07, 6.45) is 1.01. The van der Waals surface area contributed by atoms with Crippen molar-refractivity contribution in [1.29, 1.82) is 0 Å². The highest BCUT2D eigenvalue weighted by atomic mass is 16.5. The Morgan fingerprint density at radius 1 is 1.22 bits per heavy atom. The van der Waals surface area contributed by atoms with Gasteiger partial charge in [0.1, 0.15) is 0 Å². The van der Waals surface area contributed by atoms with Crippen molar-refractivity contribution >= 4 is 5.78 Å². The number of carbonyl (C=O) groups is 1. The summed E-state index contributed by atoms with van der Waals surface area (Å²) in [6, 6.07) is 7.76. The fraction of sp³-hybridized carbons (Fsp3) is 0.500. The summed E-state index contributed by atoms with van der Waals surface area (Å²) in [6.45, 7) is 4.84. The van der Waals surface area contributed by atoms with Crippen molar-refractivity contribution in [2.75, 3.05) is 39.4 Å². The van der Waals surface area contributed by atoms with E-state index in [4.69, 9.17) is 10.5 Å². The number of nitrogens with zero attached hydrogens (tertiary/aromatic N) is 1. The van der Waals surface area contributed by atoms with Crippen LogP contribution >= 0.6 is 0 Å². The predicted molar refractivity (Wildman–Crippen MR) is 70.8 cm³/mol. The van der Waals surface area contributed by atoms with Crippen molar-refractivity contribution in [3.05, 3.63) is 35.4 Å². The van der Waals surface area contributed by atoms with E-state index in [0.717, 1.165) is 39.3 Å². The van der Waals surface area contributed by atoms with Gasteiger partial charge in [0.05, 0.1) is 19.8 Å². The van der Waals surface area contributed by atoms with Gasteiger partial charge in [0, 0.05) is 25.2 Å². The molecule has 98 valence electrons. The van der Waals surface area contributed by atoms with Crippen molar-refractivity contribution < 1.29 is 9.53 Å². The van der Waals surface area contributed by atoms with E-state index >= 15 is 0 Å². The van der Waals surface area contributed by atoms with Crippen LogP contribution in [0.4, 0.5) is 0 Å². The molecular formula is C14H20N2O2. The number of morpholine rings is 1. The Bertz CT molecular complexity index is 383. The van der Waals surface area contributed by atoms with Crippen LogP contribution in [0.2, 0.25) is 0 Å². The zero-order chi connectivity index (χ0) is 12.8. The molecule has 0 aromatic heterocycles. The van der Waals surface area contributed by atoms with E-state index < -0.39 is 0 Å². The molecule has 1 aromatic rings. The normalized spacial score (nSPS) is 16.7. The summed E-state index contributed by atoms with van der Waals surface area (Å²) >= 11 is 0. The lowest BCUT2D eigenvalue weighted by Crippen LogP contribution is -2.37. The molecule has 1 aliphatic heterocycles. The van der Waals surface area contributed by atoms with Crippen LogP contribution in [0.15, 0.2) is 24.3 Å². The molecule has 4 nitrogen and oxygen atoms in total. The van der Waals surface area contributed by atoms with E-state index in [1.165, 1.54) is 5.56 Å². The van der Waals surface area contributed by atoms with Gasteiger partial charge in [-0.15, -0.1) is 0 Å². The Morgan fingerprint density at radius 2 is 1.89 bits per heavy atom. The van der Waals surface area contributed by atoms with E-state index in [0.29, 0.717) is 5.56 Å². The molecule has 1 fully saturated rings. The van der Waals surface area contributed by atoms with Crippen LogP contribution in [0, 0.1) is 0 Å². The Kier molecular flexibility index (Phi) is 4.87. The molecule has 0 amide bonds. The van der Waals surface area contributed by atoms with Gasteiger partial charge in [0.2, 0.25) is 0 Å². The number of benzene rings is 1. The van der Waals surface area contributed by atoms with Crippen molar-refractivity contribution in [3.8, 4) is 0 Å². The van der Waals surface area contributed by atoms with E-state index in [2.05, 4.69) is 4.90 Å². The average Bonchev–Trinajstić information content (AvgIpc) is 2.46. The molecule has 0 saturated carbocycles. The van der Waals surface area contributed by atoms with Gasteiger partial charge in [-0.3, -0.25) is 9.69 Å². The van der Waals surface area contributed by atoms with E-state index in [1.807, 2.05) is 24.3 Å². The first-order valence-electron chi connectivity index (χ1n) is 6.42. The second-order valence-corrected chi connectivity index (χ2v) is 4.53. The highest BCUT2D eigenvalue weighted by Gasteiger charge is 2.10. The third-order valence-corrected chi connectivity index (χ3v) is 3.28. The number of nitrogens with two attached hydrogens (primary N) is 1. The molecule has 2 rings (SSSR count). The third-order valence-electron chi connectivity index (χ3n) is 3.28. The topological polar surface area (TPSA) is 55.6 Å². The molecule has 0 spiro atoms. The fourth-order valence-electron chi connectivity index (χ4n) is 2.09. The minimum atomic E-state index is -0.00488. The third kappa shape index (κ3) is 3.63. The number of rotatable bonds is 5. The molecule has 0 atom stereocenters. The maximum Gasteiger partial charge on any atom is 0.176 e. The lowest BCUT2D eigenvalue weighted by Gasteiger charge is -2.26. The van der Waals surface area contributed by atoms with Gasteiger partial charge < -0.3 is 10.5 Å². The molecular weight excluding hydrogens is 228 g/mol. The van der Waals surface area contributed by atoms with Crippen molar-refractivity contribution in [3.63, 3.8) is 0 Å². The van der Waals surface area contributed by atoms with Gasteiger partial charge >= 0.3 is 0 Å². The number of hydrogen-bond donors (Lipinski definition) is 1. The Labute approximate surface area is 108 Å². The minimum absolute atomic E-state index is 0.00488. The van der Waals surface area contributed by atoms with E-state index in [9.17, 15) is 4.79 Å². The highest BCUT2D eigenvalue weighted by Crippen LogP contribution is 2.07. The van der Waals surface area contributed by atoms with Gasteiger partial charge in [-0.05, 0) is 12.0 Å². The smallest absolute Gasteiger partial charge is 0.176 e. The summed E-state index contributed by atoms with van der Waals surface area (Å²) in [5, 5.41) is 0. The van der Waals surface area contributed by atoms with Crippen LogP contribution < -0.4 is 5.73 Å². The molecule has 0 unspecified atom stereocenters. The Hall–Kier alpha value is -1.23. The average molecular weight is 248 g/mol. The van der Waals surface area contributed by atoms with Crippen LogP contribution in [0.3, 0.4) is 0 Å². The molecule has 4 heteroatoms. The summed E-state index contributed by atoms with van der Waals surface area (Å²) in [5.41, 5.74) is 7.29. The molecule has 0 aliphatic carbocycles. The lowest BCUT2D eigenvalue weighted by molar-refractivity contribution is 0.0384. The summed E-state index contributed by atoms with van der Waals surface area (Å²) in [4.78, 5) is 13.8. The zero-order valence-corrected chi connectivity index (χ0v) is 10.6. The summed E-state index contributed by atoms with van der Waals surface area (Å²) in [5.74, 6) is -0.00488. The van der Waals surface area contributed by atoms with Crippen LogP contribution in [0.1, 0.15) is 15.9 Å². The van der Waals surface area contributed by atoms with Gasteiger partial charge in [0.15, 0.2) is 5.78 Å². The van der Waals surface area contributed by atoms with Gasteiger partial charge in [-0.2, -0.15) is 0 Å². The number of hydrogen-bond acceptors (Lipinski definition) is 4. The first kappa shape index (κ1) is 13.2. The Morgan fingerprint density at radius 3 is 2.50 bits per heavy atom. The molecule has 0 bridgehead atoms. The van der Waals surface area contributed by atoms with Gasteiger partial charge in [0.25, 0.3) is 0 Å². The number of ketones is 1. The minimum Gasteiger partial charge on any atom is -0.379 e.